The van der Waals surface area contributed by atoms with Crippen LogP contribution in [0.1, 0.15) is 56.7 Å². The van der Waals surface area contributed by atoms with E-state index in [4.69, 9.17) is 34.0 Å². The summed E-state index contributed by atoms with van der Waals surface area (Å²) in [5, 5.41) is 6.29. The molecule has 0 bridgehead atoms. The molecule has 2 aromatic rings. The molecule has 0 atom stereocenters. The Morgan fingerprint density at radius 1 is 1.21 bits per heavy atom. The molecule has 33 heavy (non-hydrogen) atoms. The van der Waals surface area contributed by atoms with Gasteiger partial charge in [-0.25, -0.2) is 4.98 Å². The normalized spacial score (nSPS) is 16.7. The standard InChI is InChI=1S/C23H23BrCl2N4S.C2H6/c1-14-21(13-31-23(29-27)15-4-2-5-15)28-22(19-7-3-6-17(25)12-20(19)26)30(14)18-10-8-16(24)9-11-18;1-2/h6-12,15H,2-5,13,27H2,1H3;1-2H3/b29-23-;. The number of benzene rings is 1. The largest absolute Gasteiger partial charge is 0.323 e. The van der Waals surface area contributed by atoms with E-state index in [1.54, 1.807) is 17.8 Å². The smallest absolute Gasteiger partial charge is 0.146 e. The molecule has 4 rings (SSSR count). The zero-order valence-electron chi connectivity index (χ0n) is 19.1. The Bertz CT molecular complexity index is 1100. The molecule has 1 fully saturated rings. The van der Waals surface area contributed by atoms with Crippen molar-refractivity contribution in [2.75, 3.05) is 0 Å². The SMILES string of the molecule is CC.Cc1c(CS/C(=N\N)C2CCC2)nc(C2=CCC=C(Cl)C=C2Cl)n1-c1ccc(Br)cc1. The van der Waals surface area contributed by atoms with Crippen molar-refractivity contribution in [1.29, 1.82) is 0 Å². The molecule has 1 aromatic heterocycles. The number of rotatable bonds is 5. The van der Waals surface area contributed by atoms with E-state index in [0.717, 1.165) is 38.0 Å². The third kappa shape index (κ3) is 6.16. The Morgan fingerprint density at radius 3 is 2.52 bits per heavy atom. The fraction of sp³-hybridized carbons (Fsp3) is 0.360. The van der Waals surface area contributed by atoms with Gasteiger partial charge in [-0.2, -0.15) is 5.10 Å². The second-order valence-electron chi connectivity index (χ2n) is 7.60. The highest BCUT2D eigenvalue weighted by atomic mass is 79.9. The van der Waals surface area contributed by atoms with Crippen molar-refractivity contribution in [1.82, 2.24) is 9.55 Å². The second-order valence-corrected chi connectivity index (χ2v) is 10.4. The number of hydrogen-bond acceptors (Lipinski definition) is 4. The van der Waals surface area contributed by atoms with Gasteiger partial charge in [0.2, 0.25) is 0 Å². The van der Waals surface area contributed by atoms with E-state index >= 15 is 0 Å². The molecule has 1 aromatic carbocycles. The van der Waals surface area contributed by atoms with Crippen molar-refractivity contribution in [3.05, 3.63) is 74.2 Å². The summed E-state index contributed by atoms with van der Waals surface area (Å²) in [7, 11) is 0. The summed E-state index contributed by atoms with van der Waals surface area (Å²) in [4.78, 5) is 5.03. The van der Waals surface area contributed by atoms with Gasteiger partial charge in [0, 0.05) is 38.1 Å². The summed E-state index contributed by atoms with van der Waals surface area (Å²) < 4.78 is 3.19. The highest BCUT2D eigenvalue weighted by Gasteiger charge is 2.26. The summed E-state index contributed by atoms with van der Waals surface area (Å²) >= 11 is 18.1. The van der Waals surface area contributed by atoms with Crippen LogP contribution in [0.5, 0.6) is 0 Å². The first-order valence-electron chi connectivity index (χ1n) is 11.2. The summed E-state index contributed by atoms with van der Waals surface area (Å²) in [6, 6.07) is 8.20. The third-order valence-electron chi connectivity index (χ3n) is 5.63. The minimum atomic E-state index is 0.499. The molecular formula is C25H29BrCl2N4S. The van der Waals surface area contributed by atoms with Gasteiger partial charge in [0.25, 0.3) is 0 Å². The van der Waals surface area contributed by atoms with Crippen molar-refractivity contribution >= 4 is 61.5 Å². The number of thioether (sulfide) groups is 1. The van der Waals surface area contributed by atoms with Crippen molar-refractivity contribution in [2.24, 2.45) is 16.9 Å². The predicted octanol–water partition coefficient (Wildman–Crippen LogP) is 8.31. The maximum atomic E-state index is 6.65. The molecule has 0 unspecified atom stereocenters. The van der Waals surface area contributed by atoms with Crippen LogP contribution in [0.4, 0.5) is 0 Å². The van der Waals surface area contributed by atoms with Crippen molar-refractivity contribution in [2.45, 2.75) is 52.2 Å². The molecule has 2 N–H and O–H groups in total. The van der Waals surface area contributed by atoms with Crippen LogP contribution in [-0.4, -0.2) is 14.6 Å². The first-order valence-corrected chi connectivity index (χ1v) is 13.7. The number of nitrogens with two attached hydrogens (primary N) is 1. The molecule has 0 amide bonds. The lowest BCUT2D eigenvalue weighted by molar-refractivity contribution is 0.417. The summed E-state index contributed by atoms with van der Waals surface area (Å²) in [6.07, 6.45) is 10.1. The van der Waals surface area contributed by atoms with Gasteiger partial charge in [-0.1, -0.05) is 71.6 Å². The second kappa shape index (κ2) is 12.3. The Hall–Kier alpha value is -1.47. The van der Waals surface area contributed by atoms with Gasteiger partial charge in [0.05, 0.1) is 15.8 Å². The number of aromatic nitrogens is 2. The quantitative estimate of drug-likeness (QED) is 0.171. The van der Waals surface area contributed by atoms with Crippen molar-refractivity contribution in [3.63, 3.8) is 0 Å². The Balaban J connectivity index is 0.00000149. The fourth-order valence-electron chi connectivity index (χ4n) is 3.67. The summed E-state index contributed by atoms with van der Waals surface area (Å²) in [6.45, 7) is 6.09. The van der Waals surface area contributed by atoms with E-state index in [-0.39, 0.29) is 0 Å². The summed E-state index contributed by atoms with van der Waals surface area (Å²) in [5.41, 5.74) is 3.97. The molecule has 2 aliphatic rings. The van der Waals surface area contributed by atoms with Crippen LogP contribution in [0, 0.1) is 12.8 Å². The molecule has 2 aliphatic carbocycles. The van der Waals surface area contributed by atoms with Crippen LogP contribution in [0.25, 0.3) is 11.3 Å². The van der Waals surface area contributed by atoms with Gasteiger partial charge in [0.1, 0.15) is 5.82 Å². The van der Waals surface area contributed by atoms with E-state index in [0.29, 0.717) is 28.2 Å². The maximum absolute atomic E-state index is 6.65. The molecule has 8 heteroatoms. The molecule has 0 radical (unpaired) electrons. The van der Waals surface area contributed by atoms with E-state index in [9.17, 15) is 0 Å². The molecule has 1 heterocycles. The average molecular weight is 568 g/mol. The first kappa shape index (κ1) is 26.1. The number of hydrogen-bond donors (Lipinski definition) is 1. The highest BCUT2D eigenvalue weighted by Crippen LogP contribution is 2.36. The van der Waals surface area contributed by atoms with Gasteiger partial charge in [-0.05, 0) is 56.5 Å². The van der Waals surface area contributed by atoms with Crippen molar-refractivity contribution < 1.29 is 0 Å². The molecule has 0 spiro atoms. The minimum Gasteiger partial charge on any atom is -0.323 e. The maximum Gasteiger partial charge on any atom is 0.146 e. The van der Waals surface area contributed by atoms with E-state index in [2.05, 4.69) is 50.7 Å². The Morgan fingerprint density at radius 2 is 1.91 bits per heavy atom. The van der Waals surface area contributed by atoms with Crippen LogP contribution in [0.3, 0.4) is 0 Å². The number of allylic oxidation sites excluding steroid dienone is 6. The van der Waals surface area contributed by atoms with Crippen LogP contribution in [-0.2, 0) is 5.75 Å². The molecule has 176 valence electrons. The van der Waals surface area contributed by atoms with Crippen LogP contribution >= 0.6 is 50.9 Å². The lowest BCUT2D eigenvalue weighted by Crippen LogP contribution is -2.20. The van der Waals surface area contributed by atoms with Gasteiger partial charge < -0.3 is 5.84 Å². The first-order chi connectivity index (χ1) is 16.0. The topological polar surface area (TPSA) is 56.2 Å². The number of hydrazone groups is 1. The molecule has 0 saturated heterocycles. The Labute approximate surface area is 219 Å². The molecule has 1 saturated carbocycles. The van der Waals surface area contributed by atoms with Crippen LogP contribution in [0.2, 0.25) is 0 Å². The van der Waals surface area contributed by atoms with Gasteiger partial charge in [0.15, 0.2) is 0 Å². The average Bonchev–Trinajstić information content (AvgIpc) is 2.99. The third-order valence-corrected chi connectivity index (χ3v) is 7.88. The summed E-state index contributed by atoms with van der Waals surface area (Å²) in [5.74, 6) is 7.70. The monoisotopic (exact) mass is 566 g/mol. The fourth-order valence-corrected chi connectivity index (χ4v) is 5.57. The van der Waals surface area contributed by atoms with Crippen molar-refractivity contribution in [3.8, 4) is 5.69 Å². The van der Waals surface area contributed by atoms with E-state index < -0.39 is 0 Å². The van der Waals surface area contributed by atoms with Gasteiger partial charge in [-0.15, -0.1) is 11.8 Å². The van der Waals surface area contributed by atoms with Crippen LogP contribution in [0.15, 0.2) is 62.1 Å². The lowest BCUT2D eigenvalue weighted by Gasteiger charge is -2.25. The highest BCUT2D eigenvalue weighted by molar-refractivity contribution is 9.10. The van der Waals surface area contributed by atoms with Gasteiger partial charge in [-0.3, -0.25) is 4.57 Å². The van der Waals surface area contributed by atoms with E-state index in [1.165, 1.54) is 19.3 Å². The molecule has 0 aliphatic heterocycles. The lowest BCUT2D eigenvalue weighted by atomic mass is 9.86. The number of imidazole rings is 1. The van der Waals surface area contributed by atoms with E-state index in [1.807, 2.05) is 32.1 Å². The number of nitrogens with zero attached hydrogens (tertiary/aromatic N) is 3. The zero-order chi connectivity index (χ0) is 24.0. The Kier molecular flexibility index (Phi) is 9.74. The molecular weight excluding hydrogens is 539 g/mol. The predicted molar refractivity (Wildman–Crippen MR) is 148 cm³/mol. The molecule has 4 nitrogen and oxygen atoms in total. The minimum absolute atomic E-state index is 0.499. The van der Waals surface area contributed by atoms with Crippen LogP contribution < -0.4 is 5.84 Å². The zero-order valence-corrected chi connectivity index (χ0v) is 23.0. The number of halogens is 3. The van der Waals surface area contributed by atoms with Gasteiger partial charge >= 0.3 is 0 Å².